The second kappa shape index (κ2) is 12.9. The van der Waals surface area contributed by atoms with Gasteiger partial charge >= 0.3 is 0 Å². The zero-order valence-corrected chi connectivity index (χ0v) is 21.0. The van der Waals surface area contributed by atoms with Crippen LogP contribution in [0.4, 0.5) is 0 Å². The van der Waals surface area contributed by atoms with Crippen LogP contribution in [0, 0.1) is 5.92 Å². The minimum atomic E-state index is 0. The first kappa shape index (κ1) is 25.4. The SMILES string of the molecule is CCN(Cc1ccccc1)C(=O)CNC(=NC)NC1CCN(C(=O)C2CCCC2)C1.I. The number of amides is 2. The largest absolute Gasteiger partial charge is 0.352 e. The summed E-state index contributed by atoms with van der Waals surface area (Å²) in [5.74, 6) is 1.19. The maximum absolute atomic E-state index is 12.7. The fraction of sp³-hybridized carbons (Fsp3) is 0.609. The number of carbonyl (C=O) groups excluding carboxylic acids is 2. The van der Waals surface area contributed by atoms with Gasteiger partial charge in [0.15, 0.2) is 5.96 Å². The summed E-state index contributed by atoms with van der Waals surface area (Å²) in [6.45, 7) is 4.94. The summed E-state index contributed by atoms with van der Waals surface area (Å²) in [7, 11) is 1.71. The summed E-state index contributed by atoms with van der Waals surface area (Å²) in [5, 5.41) is 6.52. The van der Waals surface area contributed by atoms with Gasteiger partial charge in [0.25, 0.3) is 0 Å². The van der Waals surface area contributed by atoms with Crippen molar-refractivity contribution in [3.05, 3.63) is 35.9 Å². The highest BCUT2D eigenvalue weighted by Gasteiger charge is 2.32. The van der Waals surface area contributed by atoms with Gasteiger partial charge in [-0.15, -0.1) is 24.0 Å². The van der Waals surface area contributed by atoms with Crippen LogP contribution in [-0.4, -0.2) is 66.8 Å². The fourth-order valence-electron chi connectivity index (χ4n) is 4.35. The molecule has 1 saturated heterocycles. The molecule has 0 radical (unpaired) electrons. The quantitative estimate of drug-likeness (QED) is 0.316. The Labute approximate surface area is 203 Å². The molecule has 1 aliphatic heterocycles. The lowest BCUT2D eigenvalue weighted by Gasteiger charge is -2.23. The van der Waals surface area contributed by atoms with E-state index >= 15 is 0 Å². The zero-order chi connectivity index (χ0) is 21.3. The number of likely N-dealkylation sites (N-methyl/N-ethyl adjacent to an activating group) is 1. The van der Waals surface area contributed by atoms with Crippen molar-refractivity contribution < 1.29 is 9.59 Å². The number of hydrogen-bond donors (Lipinski definition) is 2. The molecule has 8 heteroatoms. The summed E-state index contributed by atoms with van der Waals surface area (Å²) in [6, 6.07) is 10.2. The van der Waals surface area contributed by atoms with Crippen LogP contribution in [0.5, 0.6) is 0 Å². The van der Waals surface area contributed by atoms with E-state index in [1.54, 1.807) is 7.05 Å². The molecule has 2 aliphatic rings. The maximum atomic E-state index is 12.7. The Hall–Kier alpha value is -1.84. The normalized spacial score (nSPS) is 19.1. The molecule has 0 spiro atoms. The van der Waals surface area contributed by atoms with Crippen molar-refractivity contribution in [2.75, 3.05) is 33.2 Å². The number of nitrogens with one attached hydrogen (secondary N) is 2. The number of likely N-dealkylation sites (tertiary alicyclic amines) is 1. The van der Waals surface area contributed by atoms with Crippen molar-refractivity contribution in [2.24, 2.45) is 10.9 Å². The van der Waals surface area contributed by atoms with Crippen molar-refractivity contribution in [3.63, 3.8) is 0 Å². The van der Waals surface area contributed by atoms with Crippen LogP contribution in [0.1, 0.15) is 44.6 Å². The second-order valence-electron chi connectivity index (χ2n) is 8.21. The van der Waals surface area contributed by atoms with Crippen molar-refractivity contribution in [2.45, 2.75) is 51.6 Å². The van der Waals surface area contributed by atoms with Gasteiger partial charge in [0.05, 0.1) is 6.54 Å². The Morgan fingerprint density at radius 3 is 2.52 bits per heavy atom. The predicted molar refractivity (Wildman–Crippen MR) is 134 cm³/mol. The van der Waals surface area contributed by atoms with E-state index in [1.807, 2.05) is 47.1 Å². The van der Waals surface area contributed by atoms with E-state index in [2.05, 4.69) is 15.6 Å². The highest BCUT2D eigenvalue weighted by atomic mass is 127. The highest BCUT2D eigenvalue weighted by Crippen LogP contribution is 2.27. The van der Waals surface area contributed by atoms with E-state index in [0.717, 1.165) is 31.4 Å². The van der Waals surface area contributed by atoms with E-state index < -0.39 is 0 Å². The molecule has 2 fully saturated rings. The van der Waals surface area contributed by atoms with Gasteiger partial charge in [0.2, 0.25) is 11.8 Å². The molecule has 0 aromatic heterocycles. The van der Waals surface area contributed by atoms with Gasteiger partial charge in [-0.2, -0.15) is 0 Å². The first-order chi connectivity index (χ1) is 14.6. The Morgan fingerprint density at radius 1 is 1.16 bits per heavy atom. The van der Waals surface area contributed by atoms with Gasteiger partial charge in [0, 0.05) is 45.2 Å². The molecule has 0 bridgehead atoms. The van der Waals surface area contributed by atoms with Crippen LogP contribution in [0.2, 0.25) is 0 Å². The van der Waals surface area contributed by atoms with Crippen molar-refractivity contribution in [1.29, 1.82) is 0 Å². The lowest BCUT2D eigenvalue weighted by atomic mass is 10.1. The topological polar surface area (TPSA) is 77.0 Å². The van der Waals surface area contributed by atoms with Crippen LogP contribution in [-0.2, 0) is 16.1 Å². The van der Waals surface area contributed by atoms with Crippen LogP contribution < -0.4 is 10.6 Å². The lowest BCUT2D eigenvalue weighted by Crippen LogP contribution is -2.48. The summed E-state index contributed by atoms with van der Waals surface area (Å²) in [4.78, 5) is 33.4. The summed E-state index contributed by atoms with van der Waals surface area (Å²) in [6.07, 6.45) is 5.33. The van der Waals surface area contributed by atoms with Crippen molar-refractivity contribution in [3.8, 4) is 0 Å². The molecule has 2 N–H and O–H groups in total. The van der Waals surface area contributed by atoms with Gasteiger partial charge in [-0.25, -0.2) is 0 Å². The molecule has 2 amide bonds. The van der Waals surface area contributed by atoms with Crippen molar-refractivity contribution in [1.82, 2.24) is 20.4 Å². The number of nitrogens with zero attached hydrogens (tertiary/aromatic N) is 3. The first-order valence-corrected chi connectivity index (χ1v) is 11.2. The van der Waals surface area contributed by atoms with E-state index in [4.69, 9.17) is 0 Å². The Bertz CT molecular complexity index is 737. The summed E-state index contributed by atoms with van der Waals surface area (Å²) < 4.78 is 0. The second-order valence-corrected chi connectivity index (χ2v) is 8.21. The molecule has 1 aromatic rings. The first-order valence-electron chi connectivity index (χ1n) is 11.2. The van der Waals surface area contributed by atoms with Gasteiger partial charge < -0.3 is 20.4 Å². The molecule has 1 heterocycles. The molecule has 1 saturated carbocycles. The van der Waals surface area contributed by atoms with Crippen LogP contribution in [0.3, 0.4) is 0 Å². The number of rotatable bonds is 7. The van der Waals surface area contributed by atoms with Gasteiger partial charge in [-0.05, 0) is 31.7 Å². The van der Waals surface area contributed by atoms with E-state index in [0.29, 0.717) is 31.5 Å². The smallest absolute Gasteiger partial charge is 0.242 e. The van der Waals surface area contributed by atoms with E-state index in [1.165, 1.54) is 12.8 Å². The Balaban J connectivity index is 0.00000341. The maximum Gasteiger partial charge on any atom is 0.242 e. The standard InChI is InChI=1S/C23H35N5O2.HI/c1-3-27(16-18-9-5-4-6-10-18)21(29)15-25-23(24-2)26-20-13-14-28(17-20)22(30)19-11-7-8-12-19;/h4-6,9-10,19-20H,3,7-8,11-17H2,1-2H3,(H2,24,25,26);1H. The number of hydrogen-bond acceptors (Lipinski definition) is 3. The predicted octanol–water partition coefficient (Wildman–Crippen LogP) is 2.61. The Kier molecular flexibility index (Phi) is 10.6. The summed E-state index contributed by atoms with van der Waals surface area (Å²) in [5.41, 5.74) is 1.12. The summed E-state index contributed by atoms with van der Waals surface area (Å²) >= 11 is 0. The Morgan fingerprint density at radius 2 is 1.87 bits per heavy atom. The lowest BCUT2D eigenvalue weighted by molar-refractivity contribution is -0.134. The number of carbonyl (C=O) groups is 2. The van der Waals surface area contributed by atoms with Crippen molar-refractivity contribution >= 4 is 41.8 Å². The third-order valence-corrected chi connectivity index (χ3v) is 6.13. The molecule has 31 heavy (non-hydrogen) atoms. The molecule has 7 nitrogen and oxygen atoms in total. The molecule has 1 aliphatic carbocycles. The monoisotopic (exact) mass is 541 g/mol. The molecular weight excluding hydrogens is 505 g/mol. The van der Waals surface area contributed by atoms with E-state index in [9.17, 15) is 9.59 Å². The number of benzene rings is 1. The average molecular weight is 541 g/mol. The van der Waals surface area contributed by atoms with Gasteiger partial charge in [-0.1, -0.05) is 43.2 Å². The molecule has 1 aromatic carbocycles. The average Bonchev–Trinajstić information content (AvgIpc) is 3.47. The number of aliphatic imine (C=N–C) groups is 1. The third kappa shape index (κ3) is 7.36. The fourth-order valence-corrected chi connectivity index (χ4v) is 4.35. The number of halogens is 1. The van der Waals surface area contributed by atoms with Crippen LogP contribution >= 0.6 is 24.0 Å². The minimum Gasteiger partial charge on any atom is -0.352 e. The van der Waals surface area contributed by atoms with Crippen LogP contribution in [0.25, 0.3) is 0 Å². The highest BCUT2D eigenvalue weighted by molar-refractivity contribution is 14.0. The minimum absolute atomic E-state index is 0. The molecule has 172 valence electrons. The molecule has 1 atom stereocenters. The molecule has 3 rings (SSSR count). The third-order valence-electron chi connectivity index (χ3n) is 6.13. The number of guanidine groups is 1. The molecular formula is C23H36IN5O2. The van der Waals surface area contributed by atoms with E-state index in [-0.39, 0.29) is 48.4 Å². The molecule has 1 unspecified atom stereocenters. The van der Waals surface area contributed by atoms with Gasteiger partial charge in [0.1, 0.15) is 0 Å². The van der Waals surface area contributed by atoms with Gasteiger partial charge in [-0.3, -0.25) is 14.6 Å². The zero-order valence-electron chi connectivity index (χ0n) is 18.7. The van der Waals surface area contributed by atoms with Crippen LogP contribution in [0.15, 0.2) is 35.3 Å².